The van der Waals surface area contributed by atoms with Gasteiger partial charge in [-0.2, -0.15) is 5.10 Å². The number of aromatic nitrogens is 2. The van der Waals surface area contributed by atoms with E-state index in [0.29, 0.717) is 23.5 Å². The number of aliphatic imine (C=N–C) groups is 1. The summed E-state index contributed by atoms with van der Waals surface area (Å²) in [5.41, 5.74) is 5.17. The fraction of sp³-hybridized carbons (Fsp3) is 0.292. The summed E-state index contributed by atoms with van der Waals surface area (Å²) in [5.74, 6) is -0.0809. The number of carbonyl (C=O) groups excluding carboxylic acids is 1. The molecule has 0 unspecified atom stereocenters. The number of hydrogen-bond acceptors (Lipinski definition) is 4. The van der Waals surface area contributed by atoms with Gasteiger partial charge in [0.05, 0.1) is 25.0 Å². The molecule has 1 aromatic heterocycles. The van der Waals surface area contributed by atoms with Gasteiger partial charge in [0, 0.05) is 23.9 Å². The van der Waals surface area contributed by atoms with Gasteiger partial charge in [0.2, 0.25) is 5.96 Å². The van der Waals surface area contributed by atoms with E-state index < -0.39 is 11.7 Å². The van der Waals surface area contributed by atoms with E-state index in [1.165, 1.54) is 6.07 Å². The maximum Gasteiger partial charge on any atom is 0.258 e. The van der Waals surface area contributed by atoms with Crippen LogP contribution in [0.5, 0.6) is 5.75 Å². The standard InChI is InChI=1S/C24H28FN5O2/c1-14-7-10-22(32-6)21(11-14)27-24(26-13-19-16(3)29-30(5)17(19)4)28-23(31)18-9-8-15(2)20(25)12-18/h7-12H,13H2,1-6H3,(H2,26,27,28,31). The van der Waals surface area contributed by atoms with E-state index in [1.807, 2.05) is 46.0 Å². The highest BCUT2D eigenvalue weighted by Gasteiger charge is 2.15. The summed E-state index contributed by atoms with van der Waals surface area (Å²) in [6.07, 6.45) is 0. The predicted molar refractivity (Wildman–Crippen MR) is 124 cm³/mol. The molecule has 0 saturated carbocycles. The Kier molecular flexibility index (Phi) is 6.92. The van der Waals surface area contributed by atoms with Gasteiger partial charge in [-0.05, 0) is 63.1 Å². The van der Waals surface area contributed by atoms with Gasteiger partial charge in [-0.3, -0.25) is 14.8 Å². The van der Waals surface area contributed by atoms with E-state index in [2.05, 4.69) is 20.7 Å². The Morgan fingerprint density at radius 3 is 2.53 bits per heavy atom. The molecule has 3 rings (SSSR count). The van der Waals surface area contributed by atoms with Crippen molar-refractivity contribution < 1.29 is 13.9 Å². The Bertz CT molecular complexity index is 1180. The minimum Gasteiger partial charge on any atom is -0.495 e. The number of benzene rings is 2. The highest BCUT2D eigenvalue weighted by Crippen LogP contribution is 2.25. The van der Waals surface area contributed by atoms with Crippen LogP contribution in [0.4, 0.5) is 10.1 Å². The number of amides is 1. The van der Waals surface area contributed by atoms with Gasteiger partial charge < -0.3 is 10.1 Å². The van der Waals surface area contributed by atoms with E-state index in [4.69, 9.17) is 4.74 Å². The first-order chi connectivity index (χ1) is 15.2. The number of rotatable bonds is 5. The third-order valence-corrected chi connectivity index (χ3v) is 5.33. The normalized spacial score (nSPS) is 11.4. The van der Waals surface area contributed by atoms with Crippen LogP contribution in [0.1, 0.15) is 38.4 Å². The molecule has 168 valence electrons. The number of halogens is 1. The third kappa shape index (κ3) is 5.14. The molecule has 0 aliphatic carbocycles. The fourth-order valence-electron chi connectivity index (χ4n) is 3.28. The summed E-state index contributed by atoms with van der Waals surface area (Å²) in [6, 6.07) is 10.0. The van der Waals surface area contributed by atoms with Crippen molar-refractivity contribution in [1.82, 2.24) is 15.1 Å². The average molecular weight is 438 g/mol. The first kappa shape index (κ1) is 23.0. The van der Waals surface area contributed by atoms with Crippen molar-refractivity contribution in [3.63, 3.8) is 0 Å². The summed E-state index contributed by atoms with van der Waals surface area (Å²) in [5, 5.41) is 10.3. The number of methoxy groups -OCH3 is 1. The molecule has 0 spiro atoms. The Morgan fingerprint density at radius 1 is 1.16 bits per heavy atom. The molecule has 0 aliphatic rings. The summed E-state index contributed by atoms with van der Waals surface area (Å²) in [4.78, 5) is 17.4. The first-order valence-corrected chi connectivity index (χ1v) is 10.2. The minimum absolute atomic E-state index is 0.201. The molecule has 7 nitrogen and oxygen atoms in total. The molecule has 3 aromatic rings. The van der Waals surface area contributed by atoms with Crippen molar-refractivity contribution in [2.75, 3.05) is 12.4 Å². The number of aryl methyl sites for hydroxylation is 4. The molecule has 0 fully saturated rings. The second-order valence-electron chi connectivity index (χ2n) is 7.68. The van der Waals surface area contributed by atoms with Crippen molar-refractivity contribution >= 4 is 17.6 Å². The molecule has 0 atom stereocenters. The maximum atomic E-state index is 14.0. The van der Waals surface area contributed by atoms with Crippen LogP contribution in [0, 0.1) is 33.5 Å². The van der Waals surface area contributed by atoms with E-state index in [9.17, 15) is 9.18 Å². The van der Waals surface area contributed by atoms with Crippen molar-refractivity contribution in [2.45, 2.75) is 34.2 Å². The second kappa shape index (κ2) is 9.64. The summed E-state index contributed by atoms with van der Waals surface area (Å²) < 4.78 is 21.2. The van der Waals surface area contributed by atoms with Crippen LogP contribution < -0.4 is 15.4 Å². The first-order valence-electron chi connectivity index (χ1n) is 10.2. The summed E-state index contributed by atoms with van der Waals surface area (Å²) >= 11 is 0. The number of anilines is 1. The molecule has 8 heteroatoms. The van der Waals surface area contributed by atoms with E-state index >= 15 is 0 Å². The van der Waals surface area contributed by atoms with Crippen LogP contribution in [0.25, 0.3) is 0 Å². The number of nitrogens with one attached hydrogen (secondary N) is 2. The van der Waals surface area contributed by atoms with Crippen LogP contribution in [0.3, 0.4) is 0 Å². The number of ether oxygens (including phenoxy) is 1. The average Bonchev–Trinajstić information content (AvgIpc) is 2.99. The lowest BCUT2D eigenvalue weighted by atomic mass is 10.1. The maximum absolute atomic E-state index is 14.0. The van der Waals surface area contributed by atoms with Crippen LogP contribution >= 0.6 is 0 Å². The molecule has 1 amide bonds. The Labute approximate surface area is 187 Å². The van der Waals surface area contributed by atoms with E-state index in [1.54, 1.807) is 30.8 Å². The van der Waals surface area contributed by atoms with Gasteiger partial charge in [0.15, 0.2) is 0 Å². The van der Waals surface area contributed by atoms with E-state index in [-0.39, 0.29) is 11.5 Å². The molecule has 0 radical (unpaired) electrons. The van der Waals surface area contributed by atoms with Gasteiger partial charge in [0.1, 0.15) is 11.6 Å². The topological polar surface area (TPSA) is 80.5 Å². The zero-order valence-electron chi connectivity index (χ0n) is 19.2. The Balaban J connectivity index is 1.93. The molecule has 0 aliphatic heterocycles. The van der Waals surface area contributed by atoms with E-state index in [0.717, 1.165) is 22.5 Å². The molecule has 0 bridgehead atoms. The van der Waals surface area contributed by atoms with Crippen LogP contribution in [-0.2, 0) is 13.6 Å². The molecular formula is C24H28FN5O2. The largest absolute Gasteiger partial charge is 0.495 e. The molecule has 1 heterocycles. The van der Waals surface area contributed by atoms with Gasteiger partial charge >= 0.3 is 0 Å². The van der Waals surface area contributed by atoms with Crippen molar-refractivity contribution in [1.29, 1.82) is 0 Å². The molecular weight excluding hydrogens is 409 g/mol. The third-order valence-electron chi connectivity index (χ3n) is 5.33. The second-order valence-corrected chi connectivity index (χ2v) is 7.68. The molecule has 2 aromatic carbocycles. The Morgan fingerprint density at radius 2 is 1.91 bits per heavy atom. The lowest BCUT2D eigenvalue weighted by Crippen LogP contribution is -2.36. The summed E-state index contributed by atoms with van der Waals surface area (Å²) in [7, 11) is 3.45. The van der Waals surface area contributed by atoms with Crippen molar-refractivity contribution in [3.8, 4) is 5.75 Å². The number of hydrogen-bond donors (Lipinski definition) is 2. The monoisotopic (exact) mass is 437 g/mol. The zero-order chi connectivity index (χ0) is 23.4. The Hall–Kier alpha value is -3.68. The number of guanidine groups is 1. The van der Waals surface area contributed by atoms with Crippen molar-refractivity contribution in [2.24, 2.45) is 12.0 Å². The fourth-order valence-corrected chi connectivity index (χ4v) is 3.28. The lowest BCUT2D eigenvalue weighted by Gasteiger charge is -2.15. The van der Waals surface area contributed by atoms with Gasteiger partial charge in [0.25, 0.3) is 5.91 Å². The van der Waals surface area contributed by atoms with Crippen LogP contribution in [0.2, 0.25) is 0 Å². The lowest BCUT2D eigenvalue weighted by molar-refractivity contribution is 0.0976. The highest BCUT2D eigenvalue weighted by molar-refractivity contribution is 6.10. The minimum atomic E-state index is -0.471. The van der Waals surface area contributed by atoms with Gasteiger partial charge in [-0.1, -0.05) is 12.1 Å². The van der Waals surface area contributed by atoms with Gasteiger partial charge in [-0.25, -0.2) is 9.38 Å². The molecule has 0 saturated heterocycles. The summed E-state index contributed by atoms with van der Waals surface area (Å²) in [6.45, 7) is 7.80. The quantitative estimate of drug-likeness (QED) is 0.463. The number of carbonyl (C=O) groups is 1. The smallest absolute Gasteiger partial charge is 0.258 e. The molecule has 32 heavy (non-hydrogen) atoms. The molecule has 2 N–H and O–H groups in total. The number of nitrogens with zero attached hydrogens (tertiary/aromatic N) is 3. The van der Waals surface area contributed by atoms with Gasteiger partial charge in [-0.15, -0.1) is 0 Å². The zero-order valence-corrected chi connectivity index (χ0v) is 19.2. The van der Waals surface area contributed by atoms with Crippen molar-refractivity contribution in [3.05, 3.63) is 75.9 Å². The SMILES string of the molecule is COc1ccc(C)cc1NC(=NCc1c(C)nn(C)c1C)NC(=O)c1ccc(C)c(F)c1. The van der Waals surface area contributed by atoms with Crippen LogP contribution in [0.15, 0.2) is 41.4 Å². The van der Waals surface area contributed by atoms with Crippen LogP contribution in [-0.4, -0.2) is 28.8 Å². The predicted octanol–water partition coefficient (Wildman–Crippen LogP) is 4.20. The highest BCUT2D eigenvalue weighted by atomic mass is 19.1.